The van der Waals surface area contributed by atoms with Crippen LogP contribution >= 0.6 is 11.6 Å². The van der Waals surface area contributed by atoms with Crippen LogP contribution in [0, 0.1) is 6.92 Å². The molecule has 2 aromatic rings. The van der Waals surface area contributed by atoms with E-state index in [1.807, 2.05) is 18.2 Å². The van der Waals surface area contributed by atoms with E-state index in [-0.39, 0.29) is 0 Å². The molecule has 1 aromatic heterocycles. The number of aryl methyl sites for hydroxylation is 1. The van der Waals surface area contributed by atoms with Crippen molar-refractivity contribution >= 4 is 22.4 Å². The Bertz CT molecular complexity index is 480. The fourth-order valence-electron chi connectivity index (χ4n) is 1.49. The number of halogens is 1. The highest BCUT2D eigenvalue weighted by Crippen LogP contribution is 2.23. The molecule has 0 amide bonds. The van der Waals surface area contributed by atoms with Gasteiger partial charge >= 0.3 is 0 Å². The number of nitrogens with two attached hydrogens (primary N) is 1. The molecule has 0 aliphatic rings. The number of hydrogen-bond acceptors (Lipinski definition) is 2. The first-order chi connectivity index (χ1) is 6.70. The molecule has 0 aliphatic carbocycles. The van der Waals surface area contributed by atoms with E-state index in [1.54, 1.807) is 0 Å². The molecule has 0 unspecified atom stereocenters. The maximum absolute atomic E-state index is 6.03. The zero-order chi connectivity index (χ0) is 10.1. The third-order valence-electron chi connectivity index (χ3n) is 2.20. The van der Waals surface area contributed by atoms with Gasteiger partial charge in [-0.05, 0) is 18.4 Å². The van der Waals surface area contributed by atoms with Gasteiger partial charge in [-0.1, -0.05) is 35.4 Å². The zero-order valence-corrected chi connectivity index (χ0v) is 8.67. The summed E-state index contributed by atoms with van der Waals surface area (Å²) < 4.78 is 0. The van der Waals surface area contributed by atoms with Gasteiger partial charge in [-0.15, -0.1) is 0 Å². The van der Waals surface area contributed by atoms with Crippen molar-refractivity contribution in [3.05, 3.63) is 40.7 Å². The molecule has 0 saturated heterocycles. The van der Waals surface area contributed by atoms with Gasteiger partial charge in [-0.25, -0.2) is 4.98 Å². The Labute approximate surface area is 87.7 Å². The van der Waals surface area contributed by atoms with Crippen molar-refractivity contribution in [2.45, 2.75) is 13.5 Å². The summed E-state index contributed by atoms with van der Waals surface area (Å²) in [6.07, 6.45) is 0. The molecule has 0 radical (unpaired) electrons. The predicted octanol–water partition coefficient (Wildman–Crippen LogP) is 2.66. The smallest absolute Gasteiger partial charge is 0.137 e. The van der Waals surface area contributed by atoms with E-state index in [4.69, 9.17) is 17.3 Å². The lowest BCUT2D eigenvalue weighted by atomic mass is 10.1. The third-order valence-corrected chi connectivity index (χ3v) is 2.49. The monoisotopic (exact) mass is 206 g/mol. The van der Waals surface area contributed by atoms with Gasteiger partial charge in [0.2, 0.25) is 0 Å². The zero-order valence-electron chi connectivity index (χ0n) is 7.92. The van der Waals surface area contributed by atoms with Crippen LogP contribution in [0.25, 0.3) is 10.8 Å². The van der Waals surface area contributed by atoms with E-state index < -0.39 is 0 Å². The Morgan fingerprint density at radius 2 is 2.14 bits per heavy atom. The van der Waals surface area contributed by atoms with Crippen molar-refractivity contribution in [1.29, 1.82) is 0 Å². The number of aromatic nitrogens is 1. The minimum absolute atomic E-state index is 0.420. The first-order valence-electron chi connectivity index (χ1n) is 4.46. The Hall–Kier alpha value is -1.12. The topological polar surface area (TPSA) is 38.9 Å². The second kappa shape index (κ2) is 3.56. The van der Waals surface area contributed by atoms with Crippen LogP contribution in [0.5, 0.6) is 0 Å². The van der Waals surface area contributed by atoms with Crippen LogP contribution in [0.1, 0.15) is 11.3 Å². The molecule has 0 bridgehead atoms. The van der Waals surface area contributed by atoms with Crippen molar-refractivity contribution in [2.24, 2.45) is 5.73 Å². The molecule has 1 heterocycles. The number of hydrogen-bond donors (Lipinski definition) is 1. The second-order valence-electron chi connectivity index (χ2n) is 3.33. The summed E-state index contributed by atoms with van der Waals surface area (Å²) >= 11 is 6.03. The van der Waals surface area contributed by atoms with Crippen molar-refractivity contribution in [1.82, 2.24) is 4.98 Å². The lowest BCUT2D eigenvalue weighted by molar-refractivity contribution is 0.998. The maximum Gasteiger partial charge on any atom is 0.137 e. The van der Waals surface area contributed by atoms with Gasteiger partial charge in [0.25, 0.3) is 0 Å². The van der Waals surface area contributed by atoms with Crippen LogP contribution in [0.4, 0.5) is 0 Å². The Kier molecular flexibility index (Phi) is 2.40. The molecule has 14 heavy (non-hydrogen) atoms. The highest BCUT2D eigenvalue weighted by Gasteiger charge is 2.02. The molecule has 2 rings (SSSR count). The fourth-order valence-corrected chi connectivity index (χ4v) is 1.77. The second-order valence-corrected chi connectivity index (χ2v) is 3.69. The molecular formula is C11H11ClN2. The Balaban J connectivity index is 2.77. The summed E-state index contributed by atoms with van der Waals surface area (Å²) in [5.41, 5.74) is 7.56. The Morgan fingerprint density at radius 1 is 1.36 bits per heavy atom. The minimum Gasteiger partial charge on any atom is -0.325 e. The lowest BCUT2D eigenvalue weighted by Gasteiger charge is -2.04. The van der Waals surface area contributed by atoms with Gasteiger partial charge in [0.1, 0.15) is 5.15 Å². The predicted molar refractivity (Wildman–Crippen MR) is 59.4 cm³/mol. The highest BCUT2D eigenvalue weighted by molar-refractivity contribution is 6.34. The van der Waals surface area contributed by atoms with Crippen LogP contribution in [-0.2, 0) is 6.54 Å². The highest BCUT2D eigenvalue weighted by atomic mass is 35.5. The fraction of sp³-hybridized carbons (Fsp3) is 0.182. The molecule has 0 atom stereocenters. The van der Waals surface area contributed by atoms with Crippen molar-refractivity contribution < 1.29 is 0 Å². The SMILES string of the molecule is Cc1ccc2c(Cl)nc(CN)cc2c1. The van der Waals surface area contributed by atoms with E-state index in [0.717, 1.165) is 16.5 Å². The summed E-state index contributed by atoms with van der Waals surface area (Å²) in [7, 11) is 0. The minimum atomic E-state index is 0.420. The van der Waals surface area contributed by atoms with Gasteiger partial charge in [-0.3, -0.25) is 0 Å². The largest absolute Gasteiger partial charge is 0.325 e. The van der Waals surface area contributed by atoms with E-state index in [9.17, 15) is 0 Å². The number of benzene rings is 1. The van der Waals surface area contributed by atoms with Gasteiger partial charge in [-0.2, -0.15) is 0 Å². The molecule has 2 nitrogen and oxygen atoms in total. The average molecular weight is 207 g/mol. The van der Waals surface area contributed by atoms with Crippen LogP contribution in [-0.4, -0.2) is 4.98 Å². The molecule has 3 heteroatoms. The van der Waals surface area contributed by atoms with Gasteiger partial charge < -0.3 is 5.73 Å². The molecular weight excluding hydrogens is 196 g/mol. The standard InChI is InChI=1S/C11H11ClN2/c1-7-2-3-10-8(4-7)5-9(6-13)14-11(10)12/h2-5H,6,13H2,1H3. The van der Waals surface area contributed by atoms with Crippen LogP contribution in [0.3, 0.4) is 0 Å². The first kappa shape index (κ1) is 9.44. The Morgan fingerprint density at radius 3 is 2.86 bits per heavy atom. The van der Waals surface area contributed by atoms with E-state index in [0.29, 0.717) is 11.7 Å². The molecule has 2 N–H and O–H groups in total. The quantitative estimate of drug-likeness (QED) is 0.729. The summed E-state index contributed by atoms with van der Waals surface area (Å²) in [4.78, 5) is 4.19. The summed E-state index contributed by atoms with van der Waals surface area (Å²) in [5, 5.41) is 2.61. The molecule has 72 valence electrons. The molecule has 0 fully saturated rings. The van der Waals surface area contributed by atoms with Crippen LogP contribution in [0.15, 0.2) is 24.3 Å². The van der Waals surface area contributed by atoms with Crippen LogP contribution < -0.4 is 5.73 Å². The molecule has 0 spiro atoms. The molecule has 1 aromatic carbocycles. The van der Waals surface area contributed by atoms with E-state index in [2.05, 4.69) is 18.0 Å². The normalized spacial score (nSPS) is 10.8. The first-order valence-corrected chi connectivity index (χ1v) is 4.84. The summed E-state index contributed by atoms with van der Waals surface area (Å²) in [5.74, 6) is 0. The van der Waals surface area contributed by atoms with Gasteiger partial charge in [0.15, 0.2) is 0 Å². The average Bonchev–Trinajstić information content (AvgIpc) is 2.16. The maximum atomic E-state index is 6.03. The number of fused-ring (bicyclic) bond motifs is 1. The van der Waals surface area contributed by atoms with Crippen molar-refractivity contribution in [3.63, 3.8) is 0 Å². The molecule has 0 saturated carbocycles. The van der Waals surface area contributed by atoms with Crippen molar-refractivity contribution in [2.75, 3.05) is 0 Å². The number of pyridine rings is 1. The number of rotatable bonds is 1. The van der Waals surface area contributed by atoms with Gasteiger partial charge in [0.05, 0.1) is 5.69 Å². The van der Waals surface area contributed by atoms with Gasteiger partial charge in [0, 0.05) is 11.9 Å². The van der Waals surface area contributed by atoms with E-state index in [1.165, 1.54) is 5.56 Å². The lowest BCUT2D eigenvalue weighted by Crippen LogP contribution is -1.99. The number of nitrogens with zero attached hydrogens (tertiary/aromatic N) is 1. The van der Waals surface area contributed by atoms with E-state index >= 15 is 0 Å². The third kappa shape index (κ3) is 1.59. The van der Waals surface area contributed by atoms with Crippen LogP contribution in [0.2, 0.25) is 5.15 Å². The summed E-state index contributed by atoms with van der Waals surface area (Å²) in [6.45, 7) is 2.47. The molecule has 0 aliphatic heterocycles. The van der Waals surface area contributed by atoms with Crippen molar-refractivity contribution in [3.8, 4) is 0 Å². The summed E-state index contributed by atoms with van der Waals surface area (Å²) in [6, 6.07) is 8.08.